The van der Waals surface area contributed by atoms with E-state index in [0.29, 0.717) is 5.56 Å². The Morgan fingerprint density at radius 2 is 2.04 bits per heavy atom. The molecule has 1 amide bonds. The summed E-state index contributed by atoms with van der Waals surface area (Å²) in [6.07, 6.45) is -2.70. The Kier molecular flexibility index (Phi) is 5.35. The summed E-state index contributed by atoms with van der Waals surface area (Å²) in [6, 6.07) is 4.12. The van der Waals surface area contributed by atoms with Crippen molar-refractivity contribution in [2.24, 2.45) is 0 Å². The number of carbonyl (C=O) groups excluding carboxylic acids is 1. The summed E-state index contributed by atoms with van der Waals surface area (Å²) in [6.45, 7) is 0.410. The number of piperidine rings is 1. The third-order valence-electron chi connectivity index (χ3n) is 3.72. The lowest BCUT2D eigenvalue weighted by molar-refractivity contribution is -0.153. The van der Waals surface area contributed by atoms with E-state index in [1.807, 2.05) is 7.05 Å². The fourth-order valence-corrected chi connectivity index (χ4v) is 2.40. The van der Waals surface area contributed by atoms with E-state index in [2.05, 4.69) is 15.0 Å². The molecule has 1 fully saturated rings. The Morgan fingerprint density at radius 3 is 2.61 bits per heavy atom. The number of halogens is 3. The molecule has 0 bridgehead atoms. The molecule has 3 N–H and O–H groups in total. The first kappa shape index (κ1) is 17.4. The van der Waals surface area contributed by atoms with Gasteiger partial charge in [0, 0.05) is 11.6 Å². The molecule has 1 aromatic rings. The molecular formula is C15H20F3N3O2. The van der Waals surface area contributed by atoms with Crippen molar-refractivity contribution in [3.8, 4) is 5.75 Å². The maximum atomic E-state index is 12.2. The molecule has 1 aromatic carbocycles. The van der Waals surface area contributed by atoms with Crippen molar-refractivity contribution in [3.05, 3.63) is 23.8 Å². The van der Waals surface area contributed by atoms with Gasteiger partial charge >= 0.3 is 6.18 Å². The molecule has 1 aliphatic heterocycles. The molecule has 0 atom stereocenters. The molecule has 0 saturated carbocycles. The first-order chi connectivity index (χ1) is 10.7. The third-order valence-corrected chi connectivity index (χ3v) is 3.72. The minimum atomic E-state index is -4.43. The van der Waals surface area contributed by atoms with Crippen LogP contribution in [0.1, 0.15) is 23.2 Å². The lowest BCUT2D eigenvalue weighted by Crippen LogP contribution is -2.43. The average Bonchev–Trinajstić information content (AvgIpc) is 2.47. The van der Waals surface area contributed by atoms with Crippen LogP contribution in [0.15, 0.2) is 18.2 Å². The lowest BCUT2D eigenvalue weighted by atomic mass is 10.0. The Balaban J connectivity index is 1.95. The molecule has 23 heavy (non-hydrogen) atoms. The van der Waals surface area contributed by atoms with Gasteiger partial charge in [-0.2, -0.15) is 13.2 Å². The van der Waals surface area contributed by atoms with E-state index in [-0.39, 0.29) is 23.4 Å². The molecule has 1 heterocycles. The van der Waals surface area contributed by atoms with Crippen molar-refractivity contribution in [1.82, 2.24) is 10.2 Å². The van der Waals surface area contributed by atoms with Gasteiger partial charge in [-0.3, -0.25) is 4.79 Å². The highest BCUT2D eigenvalue weighted by Crippen LogP contribution is 2.25. The molecular weight excluding hydrogens is 311 g/mol. The van der Waals surface area contributed by atoms with E-state index in [4.69, 9.17) is 5.73 Å². The lowest BCUT2D eigenvalue weighted by Gasteiger charge is -2.29. The Hall–Kier alpha value is -1.96. The minimum absolute atomic E-state index is 0.00489. The second kappa shape index (κ2) is 7.08. The second-order valence-electron chi connectivity index (χ2n) is 5.71. The van der Waals surface area contributed by atoms with E-state index in [9.17, 15) is 18.0 Å². The predicted molar refractivity (Wildman–Crippen MR) is 80.4 cm³/mol. The van der Waals surface area contributed by atoms with Gasteiger partial charge in [-0.15, -0.1) is 0 Å². The number of anilines is 1. The number of nitrogens with one attached hydrogen (secondary N) is 1. The second-order valence-corrected chi connectivity index (χ2v) is 5.71. The number of likely N-dealkylation sites (tertiary alicyclic amines) is 1. The predicted octanol–water partition coefficient (Wildman–Crippen LogP) is 2.03. The maximum Gasteiger partial charge on any atom is 0.422 e. The number of alkyl halides is 3. The Morgan fingerprint density at radius 1 is 1.39 bits per heavy atom. The number of ether oxygens (including phenoxy) is 1. The molecule has 1 saturated heterocycles. The zero-order valence-electron chi connectivity index (χ0n) is 12.8. The largest absolute Gasteiger partial charge is 0.482 e. The summed E-state index contributed by atoms with van der Waals surface area (Å²) in [4.78, 5) is 14.4. The van der Waals surface area contributed by atoms with Gasteiger partial charge in [-0.1, -0.05) is 0 Å². The fourth-order valence-electron chi connectivity index (χ4n) is 2.40. The fraction of sp³-hybridized carbons (Fsp3) is 0.533. The van der Waals surface area contributed by atoms with Gasteiger partial charge in [-0.05, 0) is 51.2 Å². The zero-order valence-corrected chi connectivity index (χ0v) is 12.8. The quantitative estimate of drug-likeness (QED) is 0.829. The van der Waals surface area contributed by atoms with Gasteiger partial charge in [0.25, 0.3) is 5.91 Å². The number of hydrogen-bond donors (Lipinski definition) is 2. The van der Waals surface area contributed by atoms with Crippen molar-refractivity contribution in [3.63, 3.8) is 0 Å². The van der Waals surface area contributed by atoms with Crippen molar-refractivity contribution >= 4 is 11.6 Å². The number of rotatable bonds is 4. The van der Waals surface area contributed by atoms with Crippen molar-refractivity contribution < 1.29 is 22.7 Å². The number of carbonyl (C=O) groups is 1. The van der Waals surface area contributed by atoms with E-state index in [1.54, 1.807) is 0 Å². The van der Waals surface area contributed by atoms with E-state index in [0.717, 1.165) is 25.9 Å². The van der Waals surface area contributed by atoms with Crippen LogP contribution in [0.25, 0.3) is 0 Å². The molecule has 0 aromatic heterocycles. The summed E-state index contributed by atoms with van der Waals surface area (Å²) in [5.74, 6) is -0.369. The van der Waals surface area contributed by atoms with Gasteiger partial charge in [0.1, 0.15) is 5.75 Å². The first-order valence-corrected chi connectivity index (χ1v) is 7.33. The normalized spacial score (nSPS) is 17.0. The summed E-state index contributed by atoms with van der Waals surface area (Å²) in [5.41, 5.74) is 5.97. The molecule has 0 radical (unpaired) electrons. The van der Waals surface area contributed by atoms with Crippen LogP contribution < -0.4 is 15.8 Å². The highest BCUT2D eigenvalue weighted by molar-refractivity contribution is 5.95. The van der Waals surface area contributed by atoms with Crippen LogP contribution in [0.4, 0.5) is 18.9 Å². The molecule has 8 heteroatoms. The SMILES string of the molecule is CN1CCC(NC(=O)c2ccc(OCC(F)(F)F)c(N)c2)CC1. The van der Waals surface area contributed by atoms with E-state index < -0.39 is 12.8 Å². The molecule has 1 aliphatic rings. The van der Waals surface area contributed by atoms with Gasteiger partial charge in [0.2, 0.25) is 0 Å². The van der Waals surface area contributed by atoms with Crippen molar-refractivity contribution in [1.29, 1.82) is 0 Å². The highest BCUT2D eigenvalue weighted by Gasteiger charge is 2.29. The Bertz CT molecular complexity index is 555. The topological polar surface area (TPSA) is 67.6 Å². The summed E-state index contributed by atoms with van der Waals surface area (Å²) in [7, 11) is 2.03. The maximum absolute atomic E-state index is 12.2. The first-order valence-electron chi connectivity index (χ1n) is 7.33. The van der Waals surface area contributed by atoms with Crippen LogP contribution >= 0.6 is 0 Å². The van der Waals surface area contributed by atoms with Crippen LogP contribution in [0.3, 0.4) is 0 Å². The molecule has 2 rings (SSSR count). The summed E-state index contributed by atoms with van der Waals surface area (Å²) in [5, 5.41) is 2.92. The van der Waals surface area contributed by atoms with Gasteiger partial charge < -0.3 is 20.7 Å². The summed E-state index contributed by atoms with van der Waals surface area (Å²) < 4.78 is 41.0. The minimum Gasteiger partial charge on any atom is -0.482 e. The van der Waals surface area contributed by atoms with Crippen molar-refractivity contribution in [2.45, 2.75) is 25.1 Å². The van der Waals surface area contributed by atoms with Crippen LogP contribution in [-0.2, 0) is 0 Å². The number of nitrogen functional groups attached to an aromatic ring is 1. The standard InChI is InChI=1S/C15H20F3N3O2/c1-21-6-4-11(5-7-21)20-14(22)10-2-3-13(12(19)8-10)23-9-15(16,17)18/h2-3,8,11H,4-7,9,19H2,1H3,(H,20,22). The number of benzene rings is 1. The van der Waals surface area contributed by atoms with E-state index >= 15 is 0 Å². The van der Waals surface area contributed by atoms with Crippen LogP contribution in [0.5, 0.6) is 5.75 Å². The summed E-state index contributed by atoms with van der Waals surface area (Å²) >= 11 is 0. The van der Waals surface area contributed by atoms with Gasteiger partial charge in [0.05, 0.1) is 5.69 Å². The molecule has 5 nitrogen and oxygen atoms in total. The molecule has 0 aliphatic carbocycles. The van der Waals surface area contributed by atoms with Crippen LogP contribution in [-0.4, -0.2) is 49.8 Å². The van der Waals surface area contributed by atoms with Gasteiger partial charge in [-0.25, -0.2) is 0 Å². The highest BCUT2D eigenvalue weighted by atomic mass is 19.4. The zero-order chi connectivity index (χ0) is 17.0. The van der Waals surface area contributed by atoms with Crippen molar-refractivity contribution in [2.75, 3.05) is 32.5 Å². The molecule has 128 valence electrons. The Labute approximate surface area is 132 Å². The van der Waals surface area contributed by atoms with Crippen LogP contribution in [0.2, 0.25) is 0 Å². The van der Waals surface area contributed by atoms with E-state index in [1.165, 1.54) is 18.2 Å². The number of nitrogens with two attached hydrogens (primary N) is 1. The molecule has 0 spiro atoms. The number of hydrogen-bond acceptors (Lipinski definition) is 4. The third kappa shape index (κ3) is 5.31. The number of nitrogens with zero attached hydrogens (tertiary/aromatic N) is 1. The average molecular weight is 331 g/mol. The monoisotopic (exact) mass is 331 g/mol. The van der Waals surface area contributed by atoms with Gasteiger partial charge in [0.15, 0.2) is 6.61 Å². The van der Waals surface area contributed by atoms with Crippen LogP contribution in [0, 0.1) is 0 Å². The molecule has 0 unspecified atom stereocenters. The number of amides is 1. The smallest absolute Gasteiger partial charge is 0.422 e.